The van der Waals surface area contributed by atoms with Crippen molar-refractivity contribution < 1.29 is 4.79 Å². The van der Waals surface area contributed by atoms with Crippen LogP contribution in [0.2, 0.25) is 0 Å². The Bertz CT molecular complexity index is 685. The molecule has 0 unspecified atom stereocenters. The predicted octanol–water partition coefficient (Wildman–Crippen LogP) is 3.02. The predicted molar refractivity (Wildman–Crippen MR) is 91.7 cm³/mol. The van der Waals surface area contributed by atoms with Crippen LogP contribution >= 0.6 is 11.3 Å². The molecule has 1 saturated heterocycles. The van der Waals surface area contributed by atoms with Gasteiger partial charge in [-0.1, -0.05) is 0 Å². The lowest BCUT2D eigenvalue weighted by molar-refractivity contribution is 0.0788. The number of aryl methyl sites for hydroxylation is 1. The fourth-order valence-electron chi connectivity index (χ4n) is 3.70. The number of hydrogen-bond acceptors (Lipinski definition) is 4. The number of hydrogen-bond donors (Lipinski definition) is 1. The molecule has 2 aromatic rings. The van der Waals surface area contributed by atoms with Gasteiger partial charge in [-0.25, -0.2) is 0 Å². The summed E-state index contributed by atoms with van der Waals surface area (Å²) in [5.74, 6) is 0.122. The molecule has 0 saturated carbocycles. The Balaban J connectivity index is 1.39. The van der Waals surface area contributed by atoms with Crippen molar-refractivity contribution in [2.75, 3.05) is 13.1 Å². The first-order valence-corrected chi connectivity index (χ1v) is 9.21. The molecule has 0 spiro atoms. The lowest BCUT2D eigenvalue weighted by Gasteiger charge is -2.27. The molecule has 4 nitrogen and oxygen atoms in total. The molecule has 3 heterocycles. The number of pyridine rings is 1. The van der Waals surface area contributed by atoms with Crippen molar-refractivity contribution in [3.63, 3.8) is 0 Å². The molecular weight excluding hydrogens is 306 g/mol. The fraction of sp³-hybridized carbons (Fsp3) is 0.444. The fourth-order valence-corrected chi connectivity index (χ4v) is 4.69. The van der Waals surface area contributed by atoms with E-state index in [1.807, 2.05) is 16.2 Å². The van der Waals surface area contributed by atoms with Crippen LogP contribution in [-0.2, 0) is 6.42 Å². The molecule has 5 heteroatoms. The Hall–Kier alpha value is -1.72. The number of thiophene rings is 1. The van der Waals surface area contributed by atoms with Crippen molar-refractivity contribution in [1.29, 1.82) is 0 Å². The van der Waals surface area contributed by atoms with Crippen LogP contribution in [0.4, 0.5) is 0 Å². The van der Waals surface area contributed by atoms with E-state index in [-0.39, 0.29) is 5.91 Å². The van der Waals surface area contributed by atoms with Gasteiger partial charge in [-0.15, -0.1) is 11.3 Å². The Morgan fingerprint density at radius 2 is 2.13 bits per heavy atom. The van der Waals surface area contributed by atoms with E-state index in [4.69, 9.17) is 0 Å². The number of carbonyl (C=O) groups excluding carboxylic acids is 1. The number of amides is 1. The first-order chi connectivity index (χ1) is 11.3. The van der Waals surface area contributed by atoms with Crippen molar-refractivity contribution in [3.05, 3.63) is 52.0 Å². The summed E-state index contributed by atoms with van der Waals surface area (Å²) in [5, 5.41) is 6.00. The highest BCUT2D eigenvalue weighted by Gasteiger charge is 2.30. The highest BCUT2D eigenvalue weighted by molar-refractivity contribution is 7.10. The van der Waals surface area contributed by atoms with E-state index in [1.165, 1.54) is 29.7 Å². The molecule has 0 radical (unpaired) electrons. The van der Waals surface area contributed by atoms with Gasteiger partial charge in [-0.2, -0.15) is 0 Å². The van der Waals surface area contributed by atoms with Gasteiger partial charge < -0.3 is 10.2 Å². The number of carbonyl (C=O) groups is 1. The summed E-state index contributed by atoms with van der Waals surface area (Å²) in [6.07, 6.45) is 8.09. The number of aromatic nitrogens is 1. The van der Waals surface area contributed by atoms with Crippen molar-refractivity contribution in [3.8, 4) is 0 Å². The van der Waals surface area contributed by atoms with Gasteiger partial charge in [0.1, 0.15) is 0 Å². The summed E-state index contributed by atoms with van der Waals surface area (Å²) in [4.78, 5) is 20.0. The lowest BCUT2D eigenvalue weighted by Crippen LogP contribution is -2.38. The van der Waals surface area contributed by atoms with Gasteiger partial charge in [0.2, 0.25) is 0 Å². The van der Waals surface area contributed by atoms with Crippen LogP contribution in [0.3, 0.4) is 0 Å². The normalized spacial score (nSPS) is 23.7. The summed E-state index contributed by atoms with van der Waals surface area (Å²) in [6.45, 7) is 1.64. The summed E-state index contributed by atoms with van der Waals surface area (Å²) in [5.41, 5.74) is 2.22. The number of likely N-dealkylation sites (tertiary alicyclic amines) is 1. The highest BCUT2D eigenvalue weighted by Crippen LogP contribution is 2.34. The number of nitrogens with one attached hydrogen (secondary N) is 1. The van der Waals surface area contributed by atoms with Crippen LogP contribution < -0.4 is 5.32 Å². The molecule has 0 aromatic carbocycles. The monoisotopic (exact) mass is 327 g/mol. The third-order valence-electron chi connectivity index (χ3n) is 4.89. The standard InChI is InChI=1S/C18H21N3OS/c22-18(13-4-8-19-9-5-13)21-10-6-14(12-21)20-16-2-1-3-17-15(16)7-11-23-17/h4-5,7-9,11,14,16,20H,1-3,6,10,12H2/t14-,16-/m0/s1. The largest absolute Gasteiger partial charge is 0.337 e. The zero-order chi connectivity index (χ0) is 15.6. The minimum absolute atomic E-state index is 0.122. The third-order valence-corrected chi connectivity index (χ3v) is 5.89. The average molecular weight is 327 g/mol. The maximum atomic E-state index is 12.5. The molecule has 0 bridgehead atoms. The van der Waals surface area contributed by atoms with Gasteiger partial charge in [-0.05, 0) is 54.8 Å². The number of fused-ring (bicyclic) bond motifs is 1. The van der Waals surface area contributed by atoms with Gasteiger partial charge >= 0.3 is 0 Å². The smallest absolute Gasteiger partial charge is 0.254 e. The van der Waals surface area contributed by atoms with Gasteiger partial charge in [-0.3, -0.25) is 9.78 Å². The SMILES string of the molecule is O=C(c1ccncc1)N1CC[C@H](N[C@H]2CCCc3sccc32)C1. The van der Waals surface area contributed by atoms with Crippen molar-refractivity contribution >= 4 is 17.2 Å². The molecule has 2 aromatic heterocycles. The van der Waals surface area contributed by atoms with E-state index in [0.717, 1.165) is 25.1 Å². The van der Waals surface area contributed by atoms with Crippen LogP contribution in [0.5, 0.6) is 0 Å². The van der Waals surface area contributed by atoms with E-state index in [2.05, 4.69) is 21.7 Å². The van der Waals surface area contributed by atoms with Gasteiger partial charge in [0.05, 0.1) is 0 Å². The van der Waals surface area contributed by atoms with Crippen molar-refractivity contribution in [1.82, 2.24) is 15.2 Å². The van der Waals surface area contributed by atoms with Gasteiger partial charge in [0.25, 0.3) is 5.91 Å². The summed E-state index contributed by atoms with van der Waals surface area (Å²) < 4.78 is 0. The minimum Gasteiger partial charge on any atom is -0.337 e. The minimum atomic E-state index is 0.122. The second kappa shape index (κ2) is 6.42. The molecule has 120 valence electrons. The number of rotatable bonds is 3. The zero-order valence-corrected chi connectivity index (χ0v) is 13.9. The first kappa shape index (κ1) is 14.8. The third kappa shape index (κ3) is 3.03. The molecule has 1 aliphatic carbocycles. The molecule has 1 aliphatic heterocycles. The van der Waals surface area contributed by atoms with E-state index in [9.17, 15) is 4.79 Å². The summed E-state index contributed by atoms with van der Waals surface area (Å²) >= 11 is 1.88. The Kier molecular flexibility index (Phi) is 4.14. The molecule has 2 atom stereocenters. The van der Waals surface area contributed by atoms with Crippen LogP contribution in [0.15, 0.2) is 36.0 Å². The van der Waals surface area contributed by atoms with Crippen LogP contribution in [0, 0.1) is 0 Å². The topological polar surface area (TPSA) is 45.2 Å². The molecule has 1 fully saturated rings. The second-order valence-corrected chi connectivity index (χ2v) is 7.38. The Morgan fingerprint density at radius 1 is 1.26 bits per heavy atom. The molecule has 4 rings (SSSR count). The van der Waals surface area contributed by atoms with Gasteiger partial charge in [0.15, 0.2) is 0 Å². The maximum Gasteiger partial charge on any atom is 0.254 e. The van der Waals surface area contributed by atoms with Gasteiger partial charge in [0, 0.05) is 48.0 Å². The van der Waals surface area contributed by atoms with E-state index in [1.54, 1.807) is 24.5 Å². The first-order valence-electron chi connectivity index (χ1n) is 8.33. The van der Waals surface area contributed by atoms with Crippen molar-refractivity contribution in [2.24, 2.45) is 0 Å². The second-order valence-electron chi connectivity index (χ2n) is 6.38. The van der Waals surface area contributed by atoms with Crippen LogP contribution in [0.1, 0.15) is 46.1 Å². The molecular formula is C18H21N3OS. The van der Waals surface area contributed by atoms with Crippen LogP contribution in [0.25, 0.3) is 0 Å². The molecule has 1 N–H and O–H groups in total. The van der Waals surface area contributed by atoms with Crippen LogP contribution in [-0.4, -0.2) is 34.9 Å². The van der Waals surface area contributed by atoms with Crippen molar-refractivity contribution in [2.45, 2.75) is 37.8 Å². The van der Waals surface area contributed by atoms with E-state index >= 15 is 0 Å². The average Bonchev–Trinajstić information content (AvgIpc) is 3.25. The molecule has 23 heavy (non-hydrogen) atoms. The van der Waals surface area contributed by atoms with E-state index in [0.29, 0.717) is 12.1 Å². The maximum absolute atomic E-state index is 12.5. The zero-order valence-electron chi connectivity index (χ0n) is 13.1. The lowest BCUT2D eigenvalue weighted by atomic mass is 9.93. The quantitative estimate of drug-likeness (QED) is 0.942. The Morgan fingerprint density at radius 3 is 3.00 bits per heavy atom. The summed E-state index contributed by atoms with van der Waals surface area (Å²) in [7, 11) is 0. The van der Waals surface area contributed by atoms with E-state index < -0.39 is 0 Å². The summed E-state index contributed by atoms with van der Waals surface area (Å²) in [6, 6.07) is 6.72. The molecule has 2 aliphatic rings. The highest BCUT2D eigenvalue weighted by atomic mass is 32.1. The Labute approximate surface area is 140 Å². The number of nitrogens with zero attached hydrogens (tertiary/aromatic N) is 2. The molecule has 1 amide bonds.